The molecule has 1 aromatic carbocycles. The number of piperazine rings is 1. The highest BCUT2D eigenvalue weighted by Gasteiger charge is 2.22. The summed E-state index contributed by atoms with van der Waals surface area (Å²) in [5.74, 6) is -0.589. The van der Waals surface area contributed by atoms with Gasteiger partial charge in [-0.15, -0.1) is 0 Å². The van der Waals surface area contributed by atoms with Crippen molar-refractivity contribution in [3.05, 3.63) is 52.3 Å². The molecule has 9 nitrogen and oxygen atoms in total. The highest BCUT2D eigenvalue weighted by Crippen LogP contribution is 2.21. The summed E-state index contributed by atoms with van der Waals surface area (Å²) in [6.07, 6.45) is 0.577. The molecule has 3 rings (SSSR count). The summed E-state index contributed by atoms with van der Waals surface area (Å²) in [4.78, 5) is 38.4. The molecule has 2 aromatic rings. The van der Waals surface area contributed by atoms with Crippen molar-refractivity contribution in [2.45, 2.75) is 20.3 Å². The van der Waals surface area contributed by atoms with Crippen LogP contribution >= 0.6 is 0 Å². The lowest BCUT2D eigenvalue weighted by Crippen LogP contribution is -2.49. The number of carbonyl (C=O) groups excluding carboxylic acids is 2. The van der Waals surface area contributed by atoms with Crippen molar-refractivity contribution in [3.63, 3.8) is 0 Å². The second-order valence-electron chi connectivity index (χ2n) is 7.36. The Kier molecular flexibility index (Phi) is 6.16. The first-order chi connectivity index (χ1) is 13.8. The van der Waals surface area contributed by atoms with E-state index in [4.69, 9.17) is 4.42 Å². The van der Waals surface area contributed by atoms with Crippen molar-refractivity contribution in [3.8, 4) is 0 Å². The van der Waals surface area contributed by atoms with Gasteiger partial charge in [0.25, 0.3) is 5.91 Å². The third-order valence-corrected chi connectivity index (χ3v) is 4.70. The summed E-state index contributed by atoms with van der Waals surface area (Å²) in [7, 11) is 0. The SMILES string of the molecule is CC(C)CC(=O)N1CCN(c2ccc(NC(=O)c3ccc([N+](=O)[O-])o3)cc2)CC1. The van der Waals surface area contributed by atoms with E-state index >= 15 is 0 Å². The molecule has 0 aliphatic carbocycles. The first-order valence-electron chi connectivity index (χ1n) is 9.52. The minimum Gasteiger partial charge on any atom is -0.395 e. The molecule has 9 heteroatoms. The van der Waals surface area contributed by atoms with Gasteiger partial charge >= 0.3 is 5.88 Å². The van der Waals surface area contributed by atoms with Crippen molar-refractivity contribution >= 4 is 29.1 Å². The second kappa shape index (κ2) is 8.76. The molecule has 2 amide bonds. The Morgan fingerprint density at radius 2 is 1.76 bits per heavy atom. The highest BCUT2D eigenvalue weighted by molar-refractivity contribution is 6.02. The van der Waals surface area contributed by atoms with Crippen molar-refractivity contribution < 1.29 is 18.9 Å². The Balaban J connectivity index is 1.54. The van der Waals surface area contributed by atoms with Crippen LogP contribution in [0.2, 0.25) is 0 Å². The zero-order chi connectivity index (χ0) is 21.0. The average Bonchev–Trinajstić information content (AvgIpc) is 3.19. The van der Waals surface area contributed by atoms with Gasteiger partial charge in [-0.2, -0.15) is 0 Å². The molecule has 29 heavy (non-hydrogen) atoms. The van der Waals surface area contributed by atoms with Crippen LogP contribution in [-0.2, 0) is 4.79 Å². The Morgan fingerprint density at radius 1 is 1.10 bits per heavy atom. The highest BCUT2D eigenvalue weighted by atomic mass is 16.6. The standard InChI is InChI=1S/C20H24N4O5/c1-14(2)13-18(25)23-11-9-22(10-12-23)16-5-3-15(4-6-16)21-20(26)17-7-8-19(29-17)24(27)28/h3-8,14H,9-13H2,1-2H3,(H,21,26). The number of rotatable bonds is 6. The molecule has 0 radical (unpaired) electrons. The maximum atomic E-state index is 12.2. The van der Waals surface area contributed by atoms with Gasteiger partial charge in [0.05, 0.1) is 6.07 Å². The molecule has 1 fully saturated rings. The number of nitrogens with zero attached hydrogens (tertiary/aromatic N) is 3. The quantitative estimate of drug-likeness (QED) is 0.589. The number of furan rings is 1. The first kappa shape index (κ1) is 20.4. The number of carbonyl (C=O) groups is 2. The van der Waals surface area contributed by atoms with E-state index in [2.05, 4.69) is 10.2 Å². The Labute approximate surface area is 168 Å². The molecular formula is C20H24N4O5. The number of benzene rings is 1. The van der Waals surface area contributed by atoms with Crippen molar-refractivity contribution in [2.75, 3.05) is 36.4 Å². The van der Waals surface area contributed by atoms with Crippen LogP contribution in [0.25, 0.3) is 0 Å². The van der Waals surface area contributed by atoms with Gasteiger partial charge in [0.15, 0.2) is 5.76 Å². The number of nitro groups is 1. The lowest BCUT2D eigenvalue weighted by Gasteiger charge is -2.36. The van der Waals surface area contributed by atoms with Gasteiger partial charge in [-0.1, -0.05) is 13.8 Å². The van der Waals surface area contributed by atoms with E-state index in [-0.39, 0.29) is 11.7 Å². The minimum atomic E-state index is -0.693. The molecule has 1 aliphatic rings. The maximum Gasteiger partial charge on any atom is 0.433 e. The van der Waals surface area contributed by atoms with Gasteiger partial charge in [0.2, 0.25) is 5.91 Å². The number of hydrogen-bond donors (Lipinski definition) is 1. The largest absolute Gasteiger partial charge is 0.433 e. The second-order valence-corrected chi connectivity index (χ2v) is 7.36. The Bertz CT molecular complexity index is 883. The fraction of sp³-hybridized carbons (Fsp3) is 0.400. The van der Waals surface area contributed by atoms with Crippen LogP contribution in [0.15, 0.2) is 40.8 Å². The third-order valence-electron chi connectivity index (χ3n) is 4.70. The maximum absolute atomic E-state index is 12.2. The zero-order valence-electron chi connectivity index (χ0n) is 16.5. The van der Waals surface area contributed by atoms with Crippen LogP contribution in [0.4, 0.5) is 17.3 Å². The van der Waals surface area contributed by atoms with Gasteiger partial charge in [-0.05, 0) is 36.2 Å². The molecule has 154 valence electrons. The molecule has 1 aromatic heterocycles. The van der Waals surface area contributed by atoms with E-state index < -0.39 is 16.7 Å². The van der Waals surface area contributed by atoms with E-state index in [1.54, 1.807) is 12.1 Å². The van der Waals surface area contributed by atoms with Gasteiger partial charge < -0.3 is 19.5 Å². The summed E-state index contributed by atoms with van der Waals surface area (Å²) in [5, 5.41) is 13.3. The van der Waals surface area contributed by atoms with E-state index in [1.807, 2.05) is 30.9 Å². The predicted molar refractivity (Wildman–Crippen MR) is 108 cm³/mol. The lowest BCUT2D eigenvalue weighted by molar-refractivity contribution is -0.402. The summed E-state index contributed by atoms with van der Waals surface area (Å²) < 4.78 is 4.90. The summed E-state index contributed by atoms with van der Waals surface area (Å²) in [6.45, 7) is 6.99. The van der Waals surface area contributed by atoms with Gasteiger partial charge in [-0.25, -0.2) is 0 Å². The van der Waals surface area contributed by atoms with Crippen molar-refractivity contribution in [1.29, 1.82) is 0 Å². The summed E-state index contributed by atoms with van der Waals surface area (Å²) >= 11 is 0. The molecule has 1 N–H and O–H groups in total. The predicted octanol–water partition coefficient (Wildman–Crippen LogP) is 3.13. The van der Waals surface area contributed by atoms with Gasteiger partial charge in [0, 0.05) is 44.0 Å². The molecule has 0 spiro atoms. The first-order valence-corrected chi connectivity index (χ1v) is 9.52. The Morgan fingerprint density at radius 3 is 2.31 bits per heavy atom. The number of anilines is 2. The van der Waals surface area contributed by atoms with Crippen LogP contribution in [0.5, 0.6) is 0 Å². The van der Waals surface area contributed by atoms with Crippen molar-refractivity contribution in [2.24, 2.45) is 5.92 Å². The lowest BCUT2D eigenvalue weighted by atomic mass is 10.1. The number of amides is 2. The fourth-order valence-electron chi connectivity index (χ4n) is 3.19. The summed E-state index contributed by atoms with van der Waals surface area (Å²) in [5.41, 5.74) is 1.57. The van der Waals surface area contributed by atoms with Crippen LogP contribution < -0.4 is 10.2 Å². The average molecular weight is 400 g/mol. The normalized spacial score (nSPS) is 14.2. The van der Waals surface area contributed by atoms with E-state index in [1.165, 1.54) is 6.07 Å². The molecule has 1 aliphatic heterocycles. The smallest absolute Gasteiger partial charge is 0.395 e. The monoisotopic (exact) mass is 400 g/mol. The molecule has 0 atom stereocenters. The minimum absolute atomic E-state index is 0.122. The zero-order valence-corrected chi connectivity index (χ0v) is 16.5. The van der Waals surface area contributed by atoms with Crippen LogP contribution in [0, 0.1) is 16.0 Å². The molecule has 0 unspecified atom stereocenters. The molecule has 1 saturated heterocycles. The molecule has 0 saturated carbocycles. The van der Waals surface area contributed by atoms with Crippen LogP contribution in [0.3, 0.4) is 0 Å². The molecule has 0 bridgehead atoms. The van der Waals surface area contributed by atoms with E-state index in [0.29, 0.717) is 31.1 Å². The number of nitrogens with one attached hydrogen (secondary N) is 1. The van der Waals surface area contributed by atoms with Gasteiger partial charge in [0.1, 0.15) is 4.92 Å². The summed E-state index contributed by atoms with van der Waals surface area (Å²) in [6, 6.07) is 9.73. The third kappa shape index (κ3) is 5.13. The van der Waals surface area contributed by atoms with E-state index in [0.717, 1.165) is 24.8 Å². The molecular weight excluding hydrogens is 376 g/mol. The van der Waals surface area contributed by atoms with Gasteiger partial charge in [-0.3, -0.25) is 19.7 Å². The topological polar surface area (TPSA) is 109 Å². The fourth-order valence-corrected chi connectivity index (χ4v) is 3.19. The van der Waals surface area contributed by atoms with Crippen LogP contribution in [0.1, 0.15) is 30.8 Å². The van der Waals surface area contributed by atoms with E-state index in [9.17, 15) is 19.7 Å². The number of hydrogen-bond acceptors (Lipinski definition) is 6. The van der Waals surface area contributed by atoms with Crippen LogP contribution in [-0.4, -0.2) is 47.8 Å². The molecule has 2 heterocycles. The van der Waals surface area contributed by atoms with Crippen molar-refractivity contribution in [1.82, 2.24) is 4.90 Å². The Hall–Kier alpha value is -3.36.